The van der Waals surface area contributed by atoms with Crippen molar-refractivity contribution in [2.24, 2.45) is 20.0 Å². The molecular weight excluding hydrogens is 621 g/mol. The number of nitrogens with zero attached hydrogens (tertiary/aromatic N) is 4. The third kappa shape index (κ3) is 4.41. The summed E-state index contributed by atoms with van der Waals surface area (Å²) in [6, 6.07) is 38.4. The fourth-order valence-corrected chi connectivity index (χ4v) is 6.92. The fraction of sp³-hybridized carbons (Fsp3) is 0.0244. The second kappa shape index (κ2) is 11.0. The Hall–Kier alpha value is -7.00. The molecule has 0 spiro atoms. The number of hydrogen-bond donors (Lipinski definition) is 4. The van der Waals surface area contributed by atoms with Crippen molar-refractivity contribution in [3.05, 3.63) is 155 Å². The number of para-hydroxylation sites is 1. The van der Waals surface area contributed by atoms with E-state index in [1.54, 1.807) is 0 Å². The Morgan fingerprint density at radius 1 is 0.460 bits per heavy atom. The Balaban J connectivity index is 1.38. The van der Waals surface area contributed by atoms with Crippen molar-refractivity contribution in [1.82, 2.24) is 19.9 Å². The van der Waals surface area contributed by atoms with Gasteiger partial charge in [-0.25, -0.2) is 20.0 Å². The summed E-state index contributed by atoms with van der Waals surface area (Å²) in [4.78, 5) is 35.0. The highest BCUT2D eigenvalue weighted by Gasteiger charge is 2.20. The number of hydrogen-bond acceptors (Lipinski definition) is 5. The van der Waals surface area contributed by atoms with E-state index in [1.807, 2.05) is 72.8 Å². The van der Waals surface area contributed by atoms with Gasteiger partial charge in [-0.05, 0) is 30.2 Å². The van der Waals surface area contributed by atoms with Crippen molar-refractivity contribution in [3.8, 4) is 11.5 Å². The molecule has 5 heterocycles. The highest BCUT2D eigenvalue weighted by molar-refractivity contribution is 6.05. The van der Waals surface area contributed by atoms with Gasteiger partial charge in [0, 0.05) is 37.7 Å². The van der Waals surface area contributed by atoms with Crippen LogP contribution in [-0.2, 0) is 6.42 Å². The average Bonchev–Trinajstić information content (AvgIpc) is 3.89. The van der Waals surface area contributed by atoms with Gasteiger partial charge in [0.05, 0.1) is 5.39 Å². The third-order valence-corrected chi connectivity index (χ3v) is 9.21. The smallest absolute Gasteiger partial charge is 0.145 e. The zero-order valence-corrected chi connectivity index (χ0v) is 26.7. The lowest BCUT2D eigenvalue weighted by Crippen LogP contribution is -2.10. The number of aromatic amines is 4. The van der Waals surface area contributed by atoms with Crippen molar-refractivity contribution in [1.29, 1.82) is 0 Å². The average molecular weight is 649 g/mol. The van der Waals surface area contributed by atoms with E-state index in [2.05, 4.69) is 75.0 Å². The number of allylic oxidation sites excluding steroid dienone is 1. The van der Waals surface area contributed by atoms with Crippen LogP contribution in [0.1, 0.15) is 5.56 Å². The van der Waals surface area contributed by atoms with Crippen molar-refractivity contribution in [2.45, 2.75) is 6.42 Å². The minimum atomic E-state index is 0.606. The molecule has 9 aromatic rings. The molecule has 4 aromatic heterocycles. The molecule has 0 radical (unpaired) electrons. The van der Waals surface area contributed by atoms with Gasteiger partial charge in [-0.1, -0.05) is 103 Å². The van der Waals surface area contributed by atoms with Crippen molar-refractivity contribution in [3.63, 3.8) is 0 Å². The van der Waals surface area contributed by atoms with E-state index in [0.29, 0.717) is 57.4 Å². The molecule has 0 saturated heterocycles. The van der Waals surface area contributed by atoms with Crippen LogP contribution in [-0.4, -0.2) is 19.9 Å². The summed E-state index contributed by atoms with van der Waals surface area (Å²) in [5.41, 5.74) is 3.70. The topological polar surface area (TPSA) is 122 Å². The van der Waals surface area contributed by atoms with Gasteiger partial charge >= 0.3 is 0 Å². The van der Waals surface area contributed by atoms with Crippen LogP contribution in [0.25, 0.3) is 43.1 Å². The lowest BCUT2D eigenvalue weighted by molar-refractivity contribution is 0.483. The second-order valence-electron chi connectivity index (χ2n) is 12.3. The number of H-pyrrole nitrogens is 4. The monoisotopic (exact) mass is 648 g/mol. The number of benzene rings is 5. The molecule has 9 nitrogen and oxygen atoms in total. The van der Waals surface area contributed by atoms with Crippen molar-refractivity contribution >= 4 is 66.4 Å². The molecule has 0 unspecified atom stereocenters. The zero-order valence-electron chi connectivity index (χ0n) is 26.7. The van der Waals surface area contributed by atoms with Crippen LogP contribution in [0.5, 0.6) is 11.5 Å². The first-order valence-corrected chi connectivity index (χ1v) is 16.4. The lowest BCUT2D eigenvalue weighted by Gasteiger charge is -2.12. The van der Waals surface area contributed by atoms with Gasteiger partial charge in [0.25, 0.3) is 0 Å². The standard InChI is InChI=1S/C41H28N8O/c1-2-12-23-21-22-31-32(33(23)50-24-13-4-3-5-14-24)41-48-39-30-20-11-10-19-29(30)37(46-39)44-35-26-16-7-6-15-25(26)34(42-35)43-36-27-17-8-9-18-28(27)38(45-36)47-40(31)49-41/h2-11,13-22H,1,12H2,(H4,42,43,44,45,46,47,48,49). The van der Waals surface area contributed by atoms with Crippen molar-refractivity contribution in [2.75, 3.05) is 0 Å². The Kier molecular flexibility index (Phi) is 6.19. The molecule has 0 saturated carbocycles. The SMILES string of the molecule is C=CCc1ccc2c3[nH]c(c2c1Oc1ccccc1)N=c1[nH]c(c2ccccc12)=Nc1[nH]c(c2ccccc12)N=c1[nH]c(c2ccccc12)=N3. The predicted molar refractivity (Wildman–Crippen MR) is 197 cm³/mol. The van der Waals surface area contributed by atoms with E-state index in [1.165, 1.54) is 0 Å². The molecule has 1 aliphatic rings. The van der Waals surface area contributed by atoms with Crippen LogP contribution in [0.4, 0.5) is 23.3 Å². The molecule has 50 heavy (non-hydrogen) atoms. The van der Waals surface area contributed by atoms with Gasteiger partial charge in [-0.3, -0.25) is 0 Å². The fourth-order valence-electron chi connectivity index (χ4n) is 6.92. The molecule has 0 aliphatic carbocycles. The maximum atomic E-state index is 6.68. The minimum absolute atomic E-state index is 0.606. The molecule has 5 aromatic carbocycles. The van der Waals surface area contributed by atoms with E-state index < -0.39 is 0 Å². The van der Waals surface area contributed by atoms with E-state index in [9.17, 15) is 0 Å². The van der Waals surface area contributed by atoms with E-state index in [0.717, 1.165) is 54.4 Å². The quantitative estimate of drug-likeness (QED) is 0.141. The Bertz CT molecular complexity index is 3070. The summed E-state index contributed by atoms with van der Waals surface area (Å²) in [5.74, 6) is 4.07. The summed E-state index contributed by atoms with van der Waals surface area (Å²) >= 11 is 0. The third-order valence-electron chi connectivity index (χ3n) is 9.21. The first kappa shape index (κ1) is 28.1. The van der Waals surface area contributed by atoms with Gasteiger partial charge in [0.15, 0.2) is 0 Å². The Labute approximate surface area is 283 Å². The van der Waals surface area contributed by atoms with E-state index >= 15 is 0 Å². The Morgan fingerprint density at radius 3 is 1.42 bits per heavy atom. The number of fused-ring (bicyclic) bond motifs is 20. The van der Waals surface area contributed by atoms with Crippen LogP contribution >= 0.6 is 0 Å². The first-order valence-electron chi connectivity index (χ1n) is 16.4. The molecule has 9 heteroatoms. The Morgan fingerprint density at radius 2 is 0.900 bits per heavy atom. The molecular formula is C41H28N8O. The van der Waals surface area contributed by atoms with E-state index in [4.69, 9.17) is 24.7 Å². The first-order chi connectivity index (χ1) is 24.7. The minimum Gasteiger partial charge on any atom is -0.456 e. The molecule has 8 bridgehead atoms. The highest BCUT2D eigenvalue weighted by atomic mass is 16.5. The number of rotatable bonds is 4. The maximum absolute atomic E-state index is 6.68. The number of nitrogens with one attached hydrogen (secondary N) is 4. The zero-order chi connectivity index (χ0) is 33.2. The second-order valence-corrected chi connectivity index (χ2v) is 12.3. The van der Waals surface area contributed by atoms with Crippen LogP contribution in [0, 0.1) is 0 Å². The van der Waals surface area contributed by atoms with Gasteiger partial charge in [-0.15, -0.1) is 6.58 Å². The molecule has 0 fully saturated rings. The van der Waals surface area contributed by atoms with Crippen LogP contribution < -0.4 is 26.7 Å². The lowest BCUT2D eigenvalue weighted by atomic mass is 10.1. The van der Waals surface area contributed by atoms with Crippen LogP contribution in [0.15, 0.2) is 148 Å². The molecule has 0 atom stereocenters. The predicted octanol–water partition coefficient (Wildman–Crippen LogP) is 8.25. The van der Waals surface area contributed by atoms with Gasteiger partial charge in [0.2, 0.25) is 0 Å². The summed E-state index contributed by atoms with van der Waals surface area (Å²) < 4.78 is 6.68. The largest absolute Gasteiger partial charge is 0.456 e. The van der Waals surface area contributed by atoms with Crippen molar-refractivity contribution < 1.29 is 4.74 Å². The molecule has 1 aliphatic heterocycles. The number of aromatic nitrogens is 4. The highest BCUT2D eigenvalue weighted by Crippen LogP contribution is 2.44. The van der Waals surface area contributed by atoms with Crippen LogP contribution in [0.3, 0.4) is 0 Å². The van der Waals surface area contributed by atoms with Crippen LogP contribution in [0.2, 0.25) is 0 Å². The summed E-state index contributed by atoms with van der Waals surface area (Å²) in [5, 5.41) is 7.39. The molecule has 238 valence electrons. The summed E-state index contributed by atoms with van der Waals surface area (Å²) in [7, 11) is 0. The summed E-state index contributed by atoms with van der Waals surface area (Å²) in [6.45, 7) is 4.02. The van der Waals surface area contributed by atoms with Gasteiger partial charge < -0.3 is 24.7 Å². The van der Waals surface area contributed by atoms with Gasteiger partial charge in [0.1, 0.15) is 56.7 Å². The summed E-state index contributed by atoms with van der Waals surface area (Å²) in [6.07, 6.45) is 2.49. The molecule has 4 N–H and O–H groups in total. The number of ether oxygens (including phenoxy) is 1. The maximum Gasteiger partial charge on any atom is 0.145 e. The van der Waals surface area contributed by atoms with E-state index in [-0.39, 0.29) is 0 Å². The molecule has 0 amide bonds. The van der Waals surface area contributed by atoms with Gasteiger partial charge in [-0.2, -0.15) is 0 Å². The molecule has 10 rings (SSSR count). The normalized spacial score (nSPS) is 12.4.